The van der Waals surface area contributed by atoms with Crippen molar-refractivity contribution in [3.05, 3.63) is 139 Å². The van der Waals surface area contributed by atoms with Crippen LogP contribution in [0.5, 0.6) is 0 Å². The molecular formula is C43H37IrN3O-2. The molecule has 0 fully saturated rings. The van der Waals surface area contributed by atoms with Crippen molar-refractivity contribution >= 4 is 43.5 Å². The van der Waals surface area contributed by atoms with Crippen molar-refractivity contribution in [3.63, 3.8) is 0 Å². The van der Waals surface area contributed by atoms with E-state index in [2.05, 4.69) is 135 Å². The van der Waals surface area contributed by atoms with Crippen LogP contribution >= 0.6 is 0 Å². The Morgan fingerprint density at radius 3 is 2.02 bits per heavy atom. The SMILES string of the molecule is CC(C)(C)c1cc(-c2[c-]ccc3c2oc2c3ccc3c4ccccc4ccc32)ncn1.CC(C)(C)c1ccc(-c2[c-]cccc2)nc1.[Ir]. The molecule has 0 amide bonds. The van der Waals surface area contributed by atoms with Crippen molar-refractivity contribution in [2.45, 2.75) is 52.4 Å². The van der Waals surface area contributed by atoms with Gasteiger partial charge in [-0.25, -0.2) is 4.98 Å². The number of nitrogens with zero attached hydrogens (tertiary/aromatic N) is 3. The summed E-state index contributed by atoms with van der Waals surface area (Å²) in [5.74, 6) is 0. The molecule has 0 aliphatic rings. The Labute approximate surface area is 295 Å². The summed E-state index contributed by atoms with van der Waals surface area (Å²) in [4.78, 5) is 13.5. The van der Waals surface area contributed by atoms with E-state index in [0.29, 0.717) is 0 Å². The molecule has 0 aliphatic heterocycles. The molecule has 8 aromatic rings. The molecule has 3 heterocycles. The average Bonchev–Trinajstić information content (AvgIpc) is 3.48. The fourth-order valence-corrected chi connectivity index (χ4v) is 5.93. The Morgan fingerprint density at radius 1 is 0.562 bits per heavy atom. The third-order valence-electron chi connectivity index (χ3n) is 8.63. The zero-order valence-electron chi connectivity index (χ0n) is 28.1. The minimum Gasteiger partial charge on any atom is -0.500 e. The summed E-state index contributed by atoms with van der Waals surface area (Å²) in [7, 11) is 0. The Morgan fingerprint density at radius 2 is 1.29 bits per heavy atom. The molecule has 5 aromatic carbocycles. The topological polar surface area (TPSA) is 51.8 Å². The molecule has 0 saturated carbocycles. The number of hydrogen-bond donors (Lipinski definition) is 0. The first kappa shape index (κ1) is 33.2. The van der Waals surface area contributed by atoms with E-state index in [1.165, 1.54) is 21.7 Å². The average molecular weight is 804 g/mol. The third-order valence-corrected chi connectivity index (χ3v) is 8.63. The molecule has 0 aliphatic carbocycles. The summed E-state index contributed by atoms with van der Waals surface area (Å²) in [6.07, 6.45) is 3.59. The van der Waals surface area contributed by atoms with Crippen LogP contribution in [-0.2, 0) is 30.9 Å². The van der Waals surface area contributed by atoms with E-state index in [1.54, 1.807) is 6.33 Å². The van der Waals surface area contributed by atoms with Crippen molar-refractivity contribution in [3.8, 4) is 22.5 Å². The molecule has 0 N–H and O–H groups in total. The van der Waals surface area contributed by atoms with Gasteiger partial charge >= 0.3 is 0 Å². The Hall–Kier alpha value is -4.70. The van der Waals surface area contributed by atoms with Gasteiger partial charge in [0.1, 0.15) is 11.9 Å². The molecule has 0 saturated heterocycles. The van der Waals surface area contributed by atoms with Crippen LogP contribution in [0.1, 0.15) is 52.8 Å². The standard InChI is InChI=1S/C28H21N2O.C15H16N.Ir/c1-28(2,3)25-15-24(29-16-30-25)23-10-6-9-20-22-14-13-19-18-8-5-4-7-17(18)11-12-21(19)26(22)31-27(20)23;1-15(2,3)13-9-10-14(16-11-13)12-7-5-4-6-8-12;/h4-9,11-16H,1-3H3;4-7,9-11H,1-3H3;/q2*-1;. The van der Waals surface area contributed by atoms with Crippen molar-refractivity contribution in [1.29, 1.82) is 0 Å². The van der Waals surface area contributed by atoms with E-state index in [0.717, 1.165) is 55.5 Å². The van der Waals surface area contributed by atoms with Crippen molar-refractivity contribution in [2.24, 2.45) is 0 Å². The van der Waals surface area contributed by atoms with Crippen LogP contribution in [0.4, 0.5) is 0 Å². The van der Waals surface area contributed by atoms with Crippen LogP contribution in [0.15, 0.2) is 120 Å². The number of pyridine rings is 1. The smallest absolute Gasteiger partial charge is 0.128 e. The summed E-state index contributed by atoms with van der Waals surface area (Å²) >= 11 is 0. The monoisotopic (exact) mass is 804 g/mol. The molecule has 0 bridgehead atoms. The Kier molecular flexibility index (Phi) is 9.04. The number of aromatic nitrogens is 3. The van der Waals surface area contributed by atoms with Crippen molar-refractivity contribution in [2.75, 3.05) is 0 Å². The van der Waals surface area contributed by atoms with Crippen LogP contribution in [0, 0.1) is 12.1 Å². The van der Waals surface area contributed by atoms with Gasteiger partial charge in [-0.05, 0) is 38.5 Å². The second-order valence-electron chi connectivity index (χ2n) is 14.0. The molecular weight excluding hydrogens is 767 g/mol. The predicted octanol–water partition coefficient (Wildman–Crippen LogP) is 11.3. The molecule has 241 valence electrons. The number of furan rings is 1. The van der Waals surface area contributed by atoms with Gasteiger partial charge in [0.25, 0.3) is 0 Å². The first-order chi connectivity index (χ1) is 22.6. The van der Waals surface area contributed by atoms with Gasteiger partial charge in [0.15, 0.2) is 0 Å². The molecule has 8 rings (SSSR count). The number of benzene rings is 5. The van der Waals surface area contributed by atoms with Gasteiger partial charge in [0, 0.05) is 48.2 Å². The predicted molar refractivity (Wildman–Crippen MR) is 195 cm³/mol. The van der Waals surface area contributed by atoms with Gasteiger partial charge in [-0.3, -0.25) is 4.98 Å². The summed E-state index contributed by atoms with van der Waals surface area (Å²) in [6.45, 7) is 13.0. The minimum absolute atomic E-state index is 0. The normalized spacial score (nSPS) is 11.8. The van der Waals surface area contributed by atoms with Crippen molar-refractivity contribution in [1.82, 2.24) is 15.0 Å². The molecule has 48 heavy (non-hydrogen) atoms. The summed E-state index contributed by atoms with van der Waals surface area (Å²) < 4.78 is 6.53. The second kappa shape index (κ2) is 13.1. The molecule has 4 nitrogen and oxygen atoms in total. The van der Waals surface area contributed by atoms with Crippen LogP contribution < -0.4 is 0 Å². The first-order valence-electron chi connectivity index (χ1n) is 16.0. The van der Waals surface area contributed by atoms with E-state index < -0.39 is 0 Å². The molecule has 0 spiro atoms. The number of fused-ring (bicyclic) bond motifs is 7. The molecule has 0 atom stereocenters. The quantitative estimate of drug-likeness (QED) is 0.129. The van der Waals surface area contributed by atoms with Crippen LogP contribution in [0.2, 0.25) is 0 Å². The molecule has 5 heteroatoms. The maximum absolute atomic E-state index is 6.53. The summed E-state index contributed by atoms with van der Waals surface area (Å²) in [5, 5.41) is 6.98. The van der Waals surface area contributed by atoms with Crippen LogP contribution in [0.25, 0.3) is 66.0 Å². The fourth-order valence-electron chi connectivity index (χ4n) is 5.93. The zero-order valence-corrected chi connectivity index (χ0v) is 30.4. The minimum atomic E-state index is -0.0588. The number of rotatable bonds is 2. The van der Waals surface area contributed by atoms with Crippen LogP contribution in [0.3, 0.4) is 0 Å². The maximum atomic E-state index is 6.53. The maximum Gasteiger partial charge on any atom is 0.128 e. The summed E-state index contributed by atoms with van der Waals surface area (Å²) in [5.41, 5.74) is 7.80. The van der Waals surface area contributed by atoms with E-state index >= 15 is 0 Å². The van der Waals surface area contributed by atoms with Gasteiger partial charge in [0.2, 0.25) is 0 Å². The fraction of sp³-hybridized carbons (Fsp3) is 0.186. The van der Waals surface area contributed by atoms with Gasteiger partial charge in [-0.15, -0.1) is 54.1 Å². The molecule has 0 unspecified atom stereocenters. The van der Waals surface area contributed by atoms with Gasteiger partial charge < -0.3 is 9.40 Å². The van der Waals surface area contributed by atoms with Crippen LogP contribution in [-0.4, -0.2) is 15.0 Å². The van der Waals surface area contributed by atoms with E-state index in [4.69, 9.17) is 4.42 Å². The largest absolute Gasteiger partial charge is 0.500 e. The molecule has 3 aromatic heterocycles. The van der Waals surface area contributed by atoms with Gasteiger partial charge in [-0.2, -0.15) is 0 Å². The van der Waals surface area contributed by atoms with E-state index in [-0.39, 0.29) is 30.9 Å². The first-order valence-corrected chi connectivity index (χ1v) is 16.0. The van der Waals surface area contributed by atoms with E-state index in [1.807, 2.05) is 42.6 Å². The van der Waals surface area contributed by atoms with Gasteiger partial charge in [0.05, 0.1) is 5.58 Å². The van der Waals surface area contributed by atoms with E-state index in [9.17, 15) is 0 Å². The summed E-state index contributed by atoms with van der Waals surface area (Å²) in [6, 6.07) is 41.9. The Balaban J connectivity index is 0.000000201. The number of hydrogen-bond acceptors (Lipinski definition) is 4. The Bertz CT molecular complexity index is 2360. The zero-order chi connectivity index (χ0) is 32.8. The molecule has 1 radical (unpaired) electrons. The second-order valence-corrected chi connectivity index (χ2v) is 14.0. The van der Waals surface area contributed by atoms with Gasteiger partial charge in [-0.1, -0.05) is 119 Å². The van der Waals surface area contributed by atoms with Crippen molar-refractivity contribution < 1.29 is 24.5 Å². The third kappa shape index (κ3) is 6.41.